The van der Waals surface area contributed by atoms with E-state index in [1.807, 2.05) is 38.1 Å². The average molecular weight is 269 g/mol. The van der Waals surface area contributed by atoms with Gasteiger partial charge in [-0.2, -0.15) is 0 Å². The smallest absolute Gasteiger partial charge is 0.220 e. The SMILES string of the molecule is CC(C)NC(=O)CCC(CN)c1ccccc1Cl. The zero-order valence-electron chi connectivity index (χ0n) is 10.9. The van der Waals surface area contributed by atoms with E-state index in [1.165, 1.54) is 0 Å². The number of nitrogens with two attached hydrogens (primary N) is 1. The first kappa shape index (κ1) is 15.0. The summed E-state index contributed by atoms with van der Waals surface area (Å²) in [7, 11) is 0. The fourth-order valence-electron chi connectivity index (χ4n) is 1.91. The molecule has 1 aromatic carbocycles. The van der Waals surface area contributed by atoms with E-state index in [2.05, 4.69) is 5.32 Å². The standard InChI is InChI=1S/C14H21ClN2O/c1-10(2)17-14(18)8-7-11(9-16)12-5-3-4-6-13(12)15/h3-6,10-11H,7-9,16H2,1-2H3,(H,17,18). The monoisotopic (exact) mass is 268 g/mol. The van der Waals surface area contributed by atoms with Gasteiger partial charge in [0, 0.05) is 17.5 Å². The second-order valence-corrected chi connectivity index (χ2v) is 5.12. The van der Waals surface area contributed by atoms with Gasteiger partial charge in [0.15, 0.2) is 0 Å². The molecular weight excluding hydrogens is 248 g/mol. The topological polar surface area (TPSA) is 55.1 Å². The Kier molecular flexibility index (Phi) is 6.16. The predicted octanol–water partition coefficient (Wildman–Crippen LogP) is 2.69. The molecule has 18 heavy (non-hydrogen) atoms. The number of halogens is 1. The molecule has 0 saturated heterocycles. The number of nitrogens with one attached hydrogen (secondary N) is 1. The molecule has 0 fully saturated rings. The second kappa shape index (κ2) is 7.39. The minimum atomic E-state index is 0.0653. The maximum absolute atomic E-state index is 11.6. The summed E-state index contributed by atoms with van der Waals surface area (Å²) in [6.07, 6.45) is 1.20. The number of carbonyl (C=O) groups excluding carboxylic acids is 1. The molecule has 0 heterocycles. The highest BCUT2D eigenvalue weighted by atomic mass is 35.5. The molecule has 0 saturated carbocycles. The number of hydrogen-bond acceptors (Lipinski definition) is 2. The Labute approximate surface area is 114 Å². The molecule has 0 aliphatic rings. The third kappa shape index (κ3) is 4.67. The zero-order valence-corrected chi connectivity index (χ0v) is 11.7. The lowest BCUT2D eigenvalue weighted by Gasteiger charge is -2.17. The maximum atomic E-state index is 11.6. The van der Waals surface area contributed by atoms with E-state index in [4.69, 9.17) is 17.3 Å². The number of rotatable bonds is 6. The molecule has 1 unspecified atom stereocenters. The molecule has 3 N–H and O–H groups in total. The minimum Gasteiger partial charge on any atom is -0.354 e. The van der Waals surface area contributed by atoms with Gasteiger partial charge in [0.05, 0.1) is 0 Å². The summed E-state index contributed by atoms with van der Waals surface area (Å²) in [5.41, 5.74) is 6.80. The van der Waals surface area contributed by atoms with Gasteiger partial charge in [0.25, 0.3) is 0 Å². The first-order valence-corrected chi connectivity index (χ1v) is 6.66. The fourth-order valence-corrected chi connectivity index (χ4v) is 2.20. The highest BCUT2D eigenvalue weighted by Gasteiger charge is 2.14. The van der Waals surface area contributed by atoms with E-state index in [-0.39, 0.29) is 17.9 Å². The zero-order chi connectivity index (χ0) is 13.5. The lowest BCUT2D eigenvalue weighted by molar-refractivity contribution is -0.121. The van der Waals surface area contributed by atoms with Gasteiger partial charge in [-0.15, -0.1) is 0 Å². The lowest BCUT2D eigenvalue weighted by Crippen LogP contribution is -2.30. The first-order chi connectivity index (χ1) is 8.54. The van der Waals surface area contributed by atoms with E-state index < -0.39 is 0 Å². The van der Waals surface area contributed by atoms with E-state index in [0.29, 0.717) is 13.0 Å². The van der Waals surface area contributed by atoms with Crippen LogP contribution in [-0.4, -0.2) is 18.5 Å². The van der Waals surface area contributed by atoms with Crippen LogP contribution in [0.5, 0.6) is 0 Å². The average Bonchev–Trinajstić information content (AvgIpc) is 2.31. The minimum absolute atomic E-state index is 0.0653. The van der Waals surface area contributed by atoms with Crippen LogP contribution in [0.3, 0.4) is 0 Å². The Balaban J connectivity index is 2.58. The van der Waals surface area contributed by atoms with Gasteiger partial charge in [0.1, 0.15) is 0 Å². The number of carbonyl (C=O) groups is 1. The van der Waals surface area contributed by atoms with Crippen LogP contribution in [0, 0.1) is 0 Å². The van der Waals surface area contributed by atoms with Crippen molar-refractivity contribution < 1.29 is 4.79 Å². The highest BCUT2D eigenvalue weighted by molar-refractivity contribution is 6.31. The Morgan fingerprint density at radius 1 is 1.39 bits per heavy atom. The molecule has 100 valence electrons. The second-order valence-electron chi connectivity index (χ2n) is 4.72. The van der Waals surface area contributed by atoms with Crippen LogP contribution >= 0.6 is 11.6 Å². The van der Waals surface area contributed by atoms with Gasteiger partial charge in [0.2, 0.25) is 5.91 Å². The third-order valence-corrected chi connectivity index (χ3v) is 3.14. The predicted molar refractivity (Wildman–Crippen MR) is 75.8 cm³/mol. The van der Waals surface area contributed by atoms with Crippen LogP contribution < -0.4 is 11.1 Å². The molecule has 0 aliphatic heterocycles. The molecule has 1 rings (SSSR count). The van der Waals surface area contributed by atoms with E-state index in [9.17, 15) is 4.79 Å². The molecule has 0 spiro atoms. The van der Waals surface area contributed by atoms with Crippen LogP contribution in [0.4, 0.5) is 0 Å². The fraction of sp³-hybridized carbons (Fsp3) is 0.500. The Morgan fingerprint density at radius 3 is 2.61 bits per heavy atom. The van der Waals surface area contributed by atoms with E-state index in [1.54, 1.807) is 0 Å². The Bertz CT molecular complexity index is 393. The van der Waals surface area contributed by atoms with Gasteiger partial charge in [-0.25, -0.2) is 0 Å². The van der Waals surface area contributed by atoms with Crippen molar-refractivity contribution in [2.75, 3.05) is 6.54 Å². The van der Waals surface area contributed by atoms with Gasteiger partial charge in [-0.05, 0) is 44.4 Å². The molecule has 0 radical (unpaired) electrons. The third-order valence-electron chi connectivity index (χ3n) is 2.80. The quantitative estimate of drug-likeness (QED) is 0.833. The largest absolute Gasteiger partial charge is 0.354 e. The van der Waals surface area contributed by atoms with Gasteiger partial charge >= 0.3 is 0 Å². The van der Waals surface area contributed by atoms with Crippen molar-refractivity contribution in [2.24, 2.45) is 5.73 Å². The van der Waals surface area contributed by atoms with Crippen molar-refractivity contribution in [2.45, 2.75) is 38.6 Å². The molecule has 0 aromatic heterocycles. The van der Waals surface area contributed by atoms with Crippen molar-refractivity contribution in [3.63, 3.8) is 0 Å². The Hall–Kier alpha value is -1.06. The molecule has 1 aromatic rings. The van der Waals surface area contributed by atoms with Crippen LogP contribution in [0.1, 0.15) is 38.2 Å². The van der Waals surface area contributed by atoms with Gasteiger partial charge in [-0.3, -0.25) is 4.79 Å². The molecule has 1 amide bonds. The summed E-state index contributed by atoms with van der Waals surface area (Å²) in [6.45, 7) is 4.40. The van der Waals surface area contributed by atoms with Gasteiger partial charge < -0.3 is 11.1 Å². The van der Waals surface area contributed by atoms with Crippen LogP contribution in [0.2, 0.25) is 5.02 Å². The van der Waals surface area contributed by atoms with Crippen LogP contribution in [0.25, 0.3) is 0 Å². The summed E-state index contributed by atoms with van der Waals surface area (Å²) in [4.78, 5) is 11.6. The van der Waals surface area contributed by atoms with Crippen molar-refractivity contribution in [1.29, 1.82) is 0 Å². The molecule has 0 aliphatic carbocycles. The summed E-state index contributed by atoms with van der Waals surface area (Å²) in [5, 5.41) is 3.60. The number of amides is 1. The molecule has 1 atom stereocenters. The molecule has 0 bridgehead atoms. The molecule has 4 heteroatoms. The van der Waals surface area contributed by atoms with Crippen molar-refractivity contribution in [3.8, 4) is 0 Å². The molecule has 3 nitrogen and oxygen atoms in total. The van der Waals surface area contributed by atoms with E-state index >= 15 is 0 Å². The van der Waals surface area contributed by atoms with Crippen LogP contribution in [-0.2, 0) is 4.79 Å². The van der Waals surface area contributed by atoms with E-state index in [0.717, 1.165) is 17.0 Å². The summed E-state index contributed by atoms with van der Waals surface area (Å²) in [6, 6.07) is 7.84. The van der Waals surface area contributed by atoms with Crippen LogP contribution in [0.15, 0.2) is 24.3 Å². The maximum Gasteiger partial charge on any atom is 0.220 e. The van der Waals surface area contributed by atoms with Crippen molar-refractivity contribution >= 4 is 17.5 Å². The van der Waals surface area contributed by atoms with Crippen molar-refractivity contribution in [3.05, 3.63) is 34.9 Å². The first-order valence-electron chi connectivity index (χ1n) is 6.28. The summed E-state index contributed by atoms with van der Waals surface area (Å²) < 4.78 is 0. The lowest BCUT2D eigenvalue weighted by atomic mass is 9.94. The number of hydrogen-bond donors (Lipinski definition) is 2. The van der Waals surface area contributed by atoms with Crippen molar-refractivity contribution in [1.82, 2.24) is 5.32 Å². The summed E-state index contributed by atoms with van der Waals surface area (Å²) >= 11 is 6.14. The normalized spacial score (nSPS) is 12.5. The molecular formula is C14H21ClN2O. The highest BCUT2D eigenvalue weighted by Crippen LogP contribution is 2.27. The van der Waals surface area contributed by atoms with Gasteiger partial charge in [-0.1, -0.05) is 29.8 Å². The summed E-state index contributed by atoms with van der Waals surface area (Å²) in [5.74, 6) is 0.201. The Morgan fingerprint density at radius 2 is 2.06 bits per heavy atom. The number of benzene rings is 1.